The Labute approximate surface area is 120 Å². The first-order chi connectivity index (χ1) is 9.74. The van der Waals surface area contributed by atoms with E-state index in [4.69, 9.17) is 9.84 Å². The van der Waals surface area contributed by atoms with Gasteiger partial charge in [0.15, 0.2) is 5.78 Å². The molecule has 1 unspecified atom stereocenters. The van der Waals surface area contributed by atoms with Crippen LogP contribution >= 0.6 is 0 Å². The van der Waals surface area contributed by atoms with Crippen LogP contribution in [-0.4, -0.2) is 48.6 Å². The molecule has 0 bridgehead atoms. The van der Waals surface area contributed by atoms with Crippen LogP contribution in [0.4, 0.5) is 0 Å². The molecule has 1 heterocycles. The summed E-state index contributed by atoms with van der Waals surface area (Å²) in [5.74, 6) is 0.923. The van der Waals surface area contributed by atoms with E-state index >= 15 is 0 Å². The second-order valence-electron chi connectivity index (χ2n) is 5.28. The largest absolute Gasteiger partial charge is 0.497 e. The van der Waals surface area contributed by atoms with Gasteiger partial charge < -0.3 is 9.84 Å². The highest BCUT2D eigenvalue weighted by atomic mass is 16.5. The molecular formula is C16H23NO3. The second-order valence-corrected chi connectivity index (χ2v) is 5.28. The Morgan fingerprint density at radius 1 is 1.40 bits per heavy atom. The number of methoxy groups -OCH3 is 1. The normalized spacial score (nSPS) is 19.2. The highest BCUT2D eigenvalue weighted by molar-refractivity contribution is 5.97. The van der Waals surface area contributed by atoms with Crippen LogP contribution in [0.25, 0.3) is 0 Å². The zero-order chi connectivity index (χ0) is 14.4. The topological polar surface area (TPSA) is 49.8 Å². The van der Waals surface area contributed by atoms with Crippen LogP contribution in [0.3, 0.4) is 0 Å². The van der Waals surface area contributed by atoms with Crippen LogP contribution in [0.1, 0.15) is 36.0 Å². The third-order valence-corrected chi connectivity index (χ3v) is 3.95. The molecule has 1 atom stereocenters. The van der Waals surface area contributed by atoms with Crippen molar-refractivity contribution in [3.05, 3.63) is 29.8 Å². The van der Waals surface area contributed by atoms with E-state index in [1.165, 1.54) is 0 Å². The molecule has 1 N–H and O–H groups in total. The quantitative estimate of drug-likeness (QED) is 0.776. The maximum absolute atomic E-state index is 12.3. The summed E-state index contributed by atoms with van der Waals surface area (Å²) in [6.45, 7) is 1.69. The minimum atomic E-state index is 0.156. The van der Waals surface area contributed by atoms with Crippen LogP contribution in [0.15, 0.2) is 24.3 Å². The number of aliphatic hydroxyl groups is 1. The summed E-state index contributed by atoms with van der Waals surface area (Å²) in [7, 11) is 1.62. The van der Waals surface area contributed by atoms with Gasteiger partial charge in [-0.2, -0.15) is 0 Å². The lowest BCUT2D eigenvalue weighted by Crippen LogP contribution is -2.34. The monoisotopic (exact) mass is 277 g/mol. The fraction of sp³-hybridized carbons (Fsp3) is 0.562. The smallest absolute Gasteiger partial charge is 0.176 e. The van der Waals surface area contributed by atoms with Gasteiger partial charge in [-0.25, -0.2) is 0 Å². The van der Waals surface area contributed by atoms with Crippen molar-refractivity contribution in [3.8, 4) is 5.75 Å². The average Bonchev–Trinajstić information content (AvgIpc) is 2.92. The molecule has 0 spiro atoms. The van der Waals surface area contributed by atoms with E-state index in [9.17, 15) is 4.79 Å². The Morgan fingerprint density at radius 3 is 2.80 bits per heavy atom. The number of carbonyl (C=O) groups excluding carboxylic acids is 1. The maximum Gasteiger partial charge on any atom is 0.176 e. The number of likely N-dealkylation sites (tertiary alicyclic amines) is 1. The molecule has 0 aromatic heterocycles. The van der Waals surface area contributed by atoms with E-state index < -0.39 is 0 Å². The van der Waals surface area contributed by atoms with Gasteiger partial charge in [0.25, 0.3) is 0 Å². The third-order valence-electron chi connectivity index (χ3n) is 3.95. The number of nitrogens with zero attached hydrogens (tertiary/aromatic N) is 1. The molecule has 1 aromatic carbocycles. The van der Waals surface area contributed by atoms with Gasteiger partial charge in [-0.1, -0.05) is 0 Å². The minimum absolute atomic E-state index is 0.156. The van der Waals surface area contributed by atoms with Crippen molar-refractivity contribution >= 4 is 5.78 Å². The Morgan fingerprint density at radius 2 is 2.15 bits per heavy atom. The molecule has 1 aromatic rings. The van der Waals surface area contributed by atoms with Gasteiger partial charge in [0.1, 0.15) is 5.75 Å². The molecule has 0 aliphatic carbocycles. The number of ether oxygens (including phenoxy) is 1. The molecule has 1 fully saturated rings. The van der Waals surface area contributed by atoms with Crippen molar-refractivity contribution < 1.29 is 14.6 Å². The molecule has 4 nitrogen and oxygen atoms in total. The maximum atomic E-state index is 12.3. The lowest BCUT2D eigenvalue weighted by molar-refractivity contribution is 0.0915. The highest BCUT2D eigenvalue weighted by Gasteiger charge is 2.25. The van der Waals surface area contributed by atoms with E-state index in [2.05, 4.69) is 4.90 Å². The number of carbonyl (C=O) groups is 1. The summed E-state index contributed by atoms with van der Waals surface area (Å²) in [4.78, 5) is 14.5. The van der Waals surface area contributed by atoms with Crippen LogP contribution in [0.2, 0.25) is 0 Å². The van der Waals surface area contributed by atoms with Gasteiger partial charge in [0.2, 0.25) is 0 Å². The number of hydrogen-bond acceptors (Lipinski definition) is 4. The SMILES string of the molecule is COc1ccc(C(=O)CN2CCCC2CCCO)cc1. The van der Waals surface area contributed by atoms with Crippen molar-refractivity contribution in [1.82, 2.24) is 4.90 Å². The summed E-state index contributed by atoms with van der Waals surface area (Å²) in [5, 5.41) is 8.92. The summed E-state index contributed by atoms with van der Waals surface area (Å²) < 4.78 is 5.10. The van der Waals surface area contributed by atoms with Crippen LogP contribution < -0.4 is 4.74 Å². The Bertz CT molecular complexity index is 430. The molecule has 20 heavy (non-hydrogen) atoms. The predicted octanol–water partition coefficient (Wildman–Crippen LogP) is 2.11. The molecule has 110 valence electrons. The molecule has 0 radical (unpaired) electrons. The zero-order valence-electron chi connectivity index (χ0n) is 12.0. The number of aliphatic hydroxyl groups excluding tert-OH is 1. The lowest BCUT2D eigenvalue weighted by Gasteiger charge is -2.23. The van der Waals surface area contributed by atoms with Gasteiger partial charge in [-0.3, -0.25) is 9.69 Å². The Hall–Kier alpha value is -1.39. The van der Waals surface area contributed by atoms with E-state index in [1.807, 2.05) is 24.3 Å². The Kier molecular flexibility index (Phi) is 5.56. The second kappa shape index (κ2) is 7.41. The van der Waals surface area contributed by atoms with Gasteiger partial charge in [0.05, 0.1) is 13.7 Å². The van der Waals surface area contributed by atoms with E-state index in [1.54, 1.807) is 7.11 Å². The van der Waals surface area contributed by atoms with Crippen molar-refractivity contribution in [3.63, 3.8) is 0 Å². The van der Waals surface area contributed by atoms with E-state index in [0.29, 0.717) is 12.6 Å². The fourth-order valence-corrected chi connectivity index (χ4v) is 2.81. The highest BCUT2D eigenvalue weighted by Crippen LogP contribution is 2.22. The molecule has 2 rings (SSSR count). The number of benzene rings is 1. The molecule has 0 amide bonds. The van der Waals surface area contributed by atoms with Gasteiger partial charge >= 0.3 is 0 Å². The number of hydrogen-bond donors (Lipinski definition) is 1. The molecule has 1 saturated heterocycles. The lowest BCUT2D eigenvalue weighted by atomic mass is 10.1. The average molecular weight is 277 g/mol. The first-order valence-corrected chi connectivity index (χ1v) is 7.26. The fourth-order valence-electron chi connectivity index (χ4n) is 2.81. The number of ketones is 1. The minimum Gasteiger partial charge on any atom is -0.497 e. The summed E-state index contributed by atoms with van der Waals surface area (Å²) >= 11 is 0. The summed E-state index contributed by atoms with van der Waals surface area (Å²) in [5.41, 5.74) is 0.735. The van der Waals surface area contributed by atoms with Crippen LogP contribution in [0.5, 0.6) is 5.75 Å². The Balaban J connectivity index is 1.92. The van der Waals surface area contributed by atoms with Gasteiger partial charge in [0, 0.05) is 18.2 Å². The first-order valence-electron chi connectivity index (χ1n) is 7.26. The molecule has 4 heteroatoms. The van der Waals surface area contributed by atoms with Crippen LogP contribution in [-0.2, 0) is 0 Å². The molecule has 1 aliphatic rings. The van der Waals surface area contributed by atoms with Gasteiger partial charge in [-0.05, 0) is 56.5 Å². The van der Waals surface area contributed by atoms with Crippen LogP contribution in [0, 0.1) is 0 Å². The zero-order valence-corrected chi connectivity index (χ0v) is 12.0. The number of rotatable bonds is 7. The number of Topliss-reactive ketones (excluding diaryl/α,β-unsaturated/α-hetero) is 1. The van der Waals surface area contributed by atoms with Crippen molar-refractivity contribution in [2.75, 3.05) is 26.8 Å². The van der Waals surface area contributed by atoms with Crippen molar-refractivity contribution in [2.45, 2.75) is 31.7 Å². The van der Waals surface area contributed by atoms with Crippen molar-refractivity contribution in [1.29, 1.82) is 0 Å². The summed E-state index contributed by atoms with van der Waals surface area (Å²) in [6, 6.07) is 7.73. The van der Waals surface area contributed by atoms with E-state index in [-0.39, 0.29) is 12.4 Å². The summed E-state index contributed by atoms with van der Waals surface area (Å²) in [6.07, 6.45) is 4.08. The molecular weight excluding hydrogens is 254 g/mol. The first kappa shape index (κ1) is 15.0. The van der Waals surface area contributed by atoms with E-state index in [0.717, 1.165) is 43.5 Å². The molecule has 1 aliphatic heterocycles. The standard InChI is InChI=1S/C16H23NO3/c1-20-15-8-6-13(7-9-15)16(19)12-17-10-2-4-14(17)5-3-11-18/h6-9,14,18H,2-5,10-12H2,1H3. The van der Waals surface area contributed by atoms with Gasteiger partial charge in [-0.15, -0.1) is 0 Å². The predicted molar refractivity (Wildman–Crippen MR) is 78.2 cm³/mol. The third kappa shape index (κ3) is 3.81. The molecule has 0 saturated carbocycles. The van der Waals surface area contributed by atoms with Crippen molar-refractivity contribution in [2.24, 2.45) is 0 Å².